The number of hydrogen-bond donors (Lipinski definition) is 0. The molecule has 4 heteroatoms. The third-order valence-electron chi connectivity index (χ3n) is 15.9. The Bertz CT molecular complexity index is 4260. The minimum Gasteiger partial charge on any atom is -0.208 e. The van der Waals surface area contributed by atoms with E-state index in [1.807, 2.05) is 0 Å². The summed E-state index contributed by atoms with van der Waals surface area (Å²) in [4.78, 5) is 16.5. The van der Waals surface area contributed by atoms with Gasteiger partial charge in [0.2, 0.25) is 0 Å². The van der Waals surface area contributed by atoms with Gasteiger partial charge in [-0.3, -0.25) is 0 Å². The fourth-order valence-corrected chi connectivity index (χ4v) is 14.0. The minimum atomic E-state index is -0.566. The van der Waals surface area contributed by atoms with E-state index in [-0.39, 0.29) is 0 Å². The second-order valence-corrected chi connectivity index (χ2v) is 20.8. The lowest BCUT2D eigenvalue weighted by molar-refractivity contribution is 0.768. The van der Waals surface area contributed by atoms with Crippen molar-refractivity contribution in [3.63, 3.8) is 0 Å². The highest BCUT2D eigenvalue weighted by Gasteiger charge is 2.48. The second kappa shape index (κ2) is 17.1. The van der Waals surface area contributed by atoms with Crippen molar-refractivity contribution in [3.05, 3.63) is 317 Å². The molecule has 15 rings (SSSR count). The Labute approximate surface area is 439 Å². The standard InChI is InChI=1S/C71H45N3S/c1-5-21-49(22-6-1)70(50-23-7-2-8-24-50)61-36-17-14-31-57(61)65-58(33-20-37-62(65)70)68-72-67(73-69(74-68)59-34-19-32-56-55-30-15-18-38-64(55)75-66(56)59)47-41-39-46(40-42-47)48-43-44-54-53-29-13-16-35-60(53)71(63(54)45-48,51-25-9-3-10-26-51)52-27-11-4-12-28-52/h1-45H. The lowest BCUT2D eigenvalue weighted by Gasteiger charge is -2.34. The lowest BCUT2D eigenvalue weighted by Crippen LogP contribution is -2.28. The van der Waals surface area contributed by atoms with Gasteiger partial charge in [-0.15, -0.1) is 11.3 Å². The minimum absolute atomic E-state index is 0.487. The smallest absolute Gasteiger partial charge is 0.165 e. The van der Waals surface area contributed by atoms with E-state index < -0.39 is 10.8 Å². The zero-order chi connectivity index (χ0) is 49.5. The third-order valence-corrected chi connectivity index (χ3v) is 17.2. The summed E-state index contributed by atoms with van der Waals surface area (Å²) in [5, 5.41) is 2.44. The maximum absolute atomic E-state index is 5.53. The Kier molecular flexibility index (Phi) is 9.88. The number of aromatic nitrogens is 3. The third kappa shape index (κ3) is 6.43. The maximum atomic E-state index is 5.53. The molecule has 0 saturated heterocycles. The number of benzene rings is 11. The van der Waals surface area contributed by atoms with Crippen molar-refractivity contribution in [1.82, 2.24) is 15.0 Å². The number of rotatable bonds is 8. The molecule has 3 nitrogen and oxygen atoms in total. The van der Waals surface area contributed by atoms with Gasteiger partial charge in [0.05, 0.1) is 10.8 Å². The summed E-state index contributed by atoms with van der Waals surface area (Å²) in [6.45, 7) is 0. The summed E-state index contributed by atoms with van der Waals surface area (Å²) in [6, 6.07) is 99.4. The van der Waals surface area contributed by atoms with Crippen molar-refractivity contribution in [2.24, 2.45) is 0 Å². The van der Waals surface area contributed by atoms with Gasteiger partial charge in [0.1, 0.15) is 0 Å². The first kappa shape index (κ1) is 43.3. The van der Waals surface area contributed by atoms with E-state index in [4.69, 9.17) is 15.0 Å². The van der Waals surface area contributed by atoms with E-state index in [2.05, 4.69) is 273 Å². The Balaban J connectivity index is 0.918. The molecule has 2 heterocycles. The molecule has 0 amide bonds. The summed E-state index contributed by atoms with van der Waals surface area (Å²) in [5.74, 6) is 1.91. The summed E-state index contributed by atoms with van der Waals surface area (Å²) in [5.41, 5.74) is 18.9. The average molecular weight is 972 g/mol. The maximum Gasteiger partial charge on any atom is 0.165 e. The number of fused-ring (bicyclic) bond motifs is 9. The van der Waals surface area contributed by atoms with E-state index in [0.29, 0.717) is 17.5 Å². The van der Waals surface area contributed by atoms with Crippen LogP contribution in [0, 0.1) is 0 Å². The first-order valence-electron chi connectivity index (χ1n) is 25.7. The highest BCUT2D eigenvalue weighted by Crippen LogP contribution is 2.59. The van der Waals surface area contributed by atoms with Gasteiger partial charge in [-0.25, -0.2) is 15.0 Å². The topological polar surface area (TPSA) is 38.7 Å². The van der Waals surface area contributed by atoms with Gasteiger partial charge in [-0.2, -0.15) is 0 Å². The molecular weight excluding hydrogens is 927 g/mol. The normalized spacial score (nSPS) is 13.5. The summed E-state index contributed by atoms with van der Waals surface area (Å²) in [7, 11) is 0. The molecule has 0 bridgehead atoms. The Morgan fingerprint density at radius 2 is 0.693 bits per heavy atom. The number of nitrogens with zero attached hydrogens (tertiary/aromatic N) is 3. The van der Waals surface area contributed by atoms with Crippen LogP contribution in [0.2, 0.25) is 0 Å². The number of hydrogen-bond acceptors (Lipinski definition) is 4. The molecule has 0 aliphatic heterocycles. The van der Waals surface area contributed by atoms with Crippen molar-refractivity contribution in [2.75, 3.05) is 0 Å². The SMILES string of the molecule is c1ccc(C2(c3ccccc3)c3ccccc3-c3ccc(-c4ccc(-c5nc(-c6cccc7c6-c6ccccc6C7(c6ccccc6)c6ccccc6)nc(-c6cccc7c6sc6ccccc67)n5)cc4)cc32)cc1. The van der Waals surface area contributed by atoms with Gasteiger partial charge in [0, 0.05) is 36.9 Å². The van der Waals surface area contributed by atoms with Crippen LogP contribution in [0.15, 0.2) is 273 Å². The van der Waals surface area contributed by atoms with Gasteiger partial charge in [0.25, 0.3) is 0 Å². The summed E-state index contributed by atoms with van der Waals surface area (Å²) in [6.07, 6.45) is 0. The molecule has 0 radical (unpaired) electrons. The lowest BCUT2D eigenvalue weighted by atomic mass is 9.67. The molecule has 13 aromatic rings. The highest BCUT2D eigenvalue weighted by atomic mass is 32.1. The van der Waals surface area contributed by atoms with Crippen molar-refractivity contribution < 1.29 is 0 Å². The van der Waals surface area contributed by atoms with Gasteiger partial charge in [-0.05, 0) is 96.1 Å². The zero-order valence-electron chi connectivity index (χ0n) is 40.7. The summed E-state index contributed by atoms with van der Waals surface area (Å²) < 4.78 is 2.40. The van der Waals surface area contributed by atoms with Gasteiger partial charge < -0.3 is 0 Å². The fraction of sp³-hybridized carbons (Fsp3) is 0.0282. The van der Waals surface area contributed by atoms with Crippen molar-refractivity contribution >= 4 is 31.5 Å². The molecule has 0 fully saturated rings. The van der Waals surface area contributed by atoms with Crippen molar-refractivity contribution in [1.29, 1.82) is 0 Å². The first-order valence-corrected chi connectivity index (χ1v) is 26.5. The Morgan fingerprint density at radius 3 is 1.35 bits per heavy atom. The van der Waals surface area contributed by atoms with Crippen LogP contribution in [0.25, 0.3) is 87.7 Å². The second-order valence-electron chi connectivity index (χ2n) is 19.7. The van der Waals surface area contributed by atoms with E-state index >= 15 is 0 Å². The van der Waals surface area contributed by atoms with Gasteiger partial charge in [-0.1, -0.05) is 255 Å². The molecule has 75 heavy (non-hydrogen) atoms. The van der Waals surface area contributed by atoms with Gasteiger partial charge >= 0.3 is 0 Å². The monoisotopic (exact) mass is 971 g/mol. The molecule has 0 spiro atoms. The summed E-state index contributed by atoms with van der Waals surface area (Å²) >= 11 is 1.79. The molecule has 2 aliphatic carbocycles. The van der Waals surface area contributed by atoms with Gasteiger partial charge in [0.15, 0.2) is 17.5 Å². The van der Waals surface area contributed by atoms with Crippen LogP contribution in [0.4, 0.5) is 0 Å². The van der Waals surface area contributed by atoms with E-state index in [1.165, 1.54) is 76.7 Å². The predicted molar refractivity (Wildman–Crippen MR) is 309 cm³/mol. The van der Waals surface area contributed by atoms with Crippen LogP contribution in [0.1, 0.15) is 44.5 Å². The fourth-order valence-electron chi connectivity index (χ4n) is 12.8. The van der Waals surface area contributed by atoms with E-state index in [1.54, 1.807) is 11.3 Å². The molecule has 350 valence electrons. The molecule has 11 aromatic carbocycles. The van der Waals surface area contributed by atoms with Crippen LogP contribution >= 0.6 is 11.3 Å². The molecule has 2 aliphatic rings. The van der Waals surface area contributed by atoms with Crippen LogP contribution in [0.5, 0.6) is 0 Å². The van der Waals surface area contributed by atoms with E-state index in [0.717, 1.165) is 38.1 Å². The van der Waals surface area contributed by atoms with Crippen molar-refractivity contribution in [3.8, 4) is 67.5 Å². The molecule has 0 atom stereocenters. The first-order chi connectivity index (χ1) is 37.2. The number of thiophene rings is 1. The quantitative estimate of drug-likeness (QED) is 0.152. The van der Waals surface area contributed by atoms with Crippen LogP contribution in [0.3, 0.4) is 0 Å². The highest BCUT2D eigenvalue weighted by molar-refractivity contribution is 7.26. The molecule has 0 N–H and O–H groups in total. The van der Waals surface area contributed by atoms with Crippen LogP contribution in [-0.2, 0) is 10.8 Å². The predicted octanol–water partition coefficient (Wildman–Crippen LogP) is 17.6. The molecule has 0 saturated carbocycles. The molecular formula is C71H45N3S. The van der Waals surface area contributed by atoms with Crippen LogP contribution in [-0.4, -0.2) is 15.0 Å². The Morgan fingerprint density at radius 1 is 0.267 bits per heavy atom. The van der Waals surface area contributed by atoms with E-state index in [9.17, 15) is 0 Å². The zero-order valence-corrected chi connectivity index (χ0v) is 41.5. The molecule has 0 unspecified atom stereocenters. The largest absolute Gasteiger partial charge is 0.208 e. The molecule has 2 aromatic heterocycles. The van der Waals surface area contributed by atoms with Crippen LogP contribution < -0.4 is 0 Å². The Hall–Kier alpha value is -9.35. The average Bonchev–Trinajstić information content (AvgIpc) is 4.14. The van der Waals surface area contributed by atoms with Crippen molar-refractivity contribution in [2.45, 2.75) is 10.8 Å².